The Labute approximate surface area is 121 Å². The Morgan fingerprint density at radius 1 is 1.30 bits per heavy atom. The number of amides is 1. The summed E-state index contributed by atoms with van der Waals surface area (Å²) in [6.07, 6.45) is 5.01. The Kier molecular flexibility index (Phi) is 8.78. The van der Waals surface area contributed by atoms with Crippen molar-refractivity contribution in [2.24, 2.45) is 16.6 Å². The van der Waals surface area contributed by atoms with E-state index in [1.807, 2.05) is 6.92 Å². The summed E-state index contributed by atoms with van der Waals surface area (Å²) in [4.78, 5) is 15.8. The number of carbonyl (C=O) groups excluding carboxylic acids is 1. The van der Waals surface area contributed by atoms with Crippen molar-refractivity contribution >= 4 is 11.9 Å². The molecule has 1 fully saturated rings. The second kappa shape index (κ2) is 10.5. The van der Waals surface area contributed by atoms with Gasteiger partial charge in [-0.25, -0.2) is 0 Å². The fraction of sp³-hybridized carbons (Fsp3) is 0.857. The molecule has 0 radical (unpaired) electrons. The van der Waals surface area contributed by atoms with Crippen LogP contribution in [0, 0.1) is 5.92 Å². The molecule has 0 atom stereocenters. The van der Waals surface area contributed by atoms with Crippen molar-refractivity contribution in [2.45, 2.75) is 39.0 Å². The van der Waals surface area contributed by atoms with Crippen LogP contribution in [-0.4, -0.2) is 44.7 Å². The molecular formula is C14H28N4O2. The van der Waals surface area contributed by atoms with Crippen LogP contribution in [0.3, 0.4) is 0 Å². The SMILES string of the molecule is CCOCCCNC(N)=NCCCNC(=O)C1CCC1. The number of nitrogens with two attached hydrogens (primary N) is 1. The molecule has 1 aliphatic rings. The van der Waals surface area contributed by atoms with E-state index < -0.39 is 0 Å². The lowest BCUT2D eigenvalue weighted by Crippen LogP contribution is -2.35. The molecule has 116 valence electrons. The zero-order chi connectivity index (χ0) is 14.6. The number of guanidine groups is 1. The first kappa shape index (κ1) is 16.8. The lowest BCUT2D eigenvalue weighted by atomic mass is 9.85. The van der Waals surface area contributed by atoms with Crippen LogP contribution >= 0.6 is 0 Å². The molecule has 0 aromatic carbocycles. The number of hydrogen-bond donors (Lipinski definition) is 3. The van der Waals surface area contributed by atoms with Gasteiger partial charge in [0.05, 0.1) is 0 Å². The largest absolute Gasteiger partial charge is 0.382 e. The fourth-order valence-electron chi connectivity index (χ4n) is 1.90. The summed E-state index contributed by atoms with van der Waals surface area (Å²) in [5.74, 6) is 0.921. The highest BCUT2D eigenvalue weighted by molar-refractivity contribution is 5.79. The lowest BCUT2D eigenvalue weighted by molar-refractivity contribution is -0.127. The number of ether oxygens (including phenoxy) is 1. The zero-order valence-corrected chi connectivity index (χ0v) is 12.5. The standard InChI is InChI=1S/C14H28N4O2/c1-2-20-11-5-10-18-14(15)17-9-4-8-16-13(19)12-6-3-7-12/h12H,2-11H2,1H3,(H,16,19)(H3,15,17,18). The van der Waals surface area contributed by atoms with Gasteiger partial charge in [-0.05, 0) is 32.6 Å². The summed E-state index contributed by atoms with van der Waals surface area (Å²) in [6, 6.07) is 0. The molecule has 0 aromatic rings. The van der Waals surface area contributed by atoms with Gasteiger partial charge in [0, 0.05) is 38.8 Å². The number of rotatable bonds is 10. The molecule has 0 bridgehead atoms. The zero-order valence-electron chi connectivity index (χ0n) is 12.5. The van der Waals surface area contributed by atoms with Gasteiger partial charge in [0.1, 0.15) is 0 Å². The van der Waals surface area contributed by atoms with Crippen molar-refractivity contribution < 1.29 is 9.53 Å². The van der Waals surface area contributed by atoms with Crippen molar-refractivity contribution in [1.29, 1.82) is 0 Å². The molecule has 6 nitrogen and oxygen atoms in total. The van der Waals surface area contributed by atoms with Crippen LogP contribution < -0.4 is 16.4 Å². The van der Waals surface area contributed by atoms with Gasteiger partial charge >= 0.3 is 0 Å². The van der Waals surface area contributed by atoms with E-state index in [4.69, 9.17) is 10.5 Å². The molecule has 1 saturated carbocycles. The number of nitrogens with zero attached hydrogens (tertiary/aromatic N) is 1. The smallest absolute Gasteiger partial charge is 0.223 e. The molecule has 1 aliphatic carbocycles. The molecule has 6 heteroatoms. The number of hydrogen-bond acceptors (Lipinski definition) is 3. The summed E-state index contributed by atoms with van der Waals surface area (Å²) < 4.78 is 5.22. The molecule has 0 aliphatic heterocycles. The van der Waals surface area contributed by atoms with Crippen molar-refractivity contribution in [3.05, 3.63) is 0 Å². The Bertz CT molecular complexity index is 304. The topological polar surface area (TPSA) is 88.7 Å². The van der Waals surface area contributed by atoms with Crippen molar-refractivity contribution in [2.75, 3.05) is 32.8 Å². The first-order valence-electron chi connectivity index (χ1n) is 7.63. The van der Waals surface area contributed by atoms with E-state index >= 15 is 0 Å². The molecule has 0 unspecified atom stereocenters. The predicted molar refractivity (Wildman–Crippen MR) is 80.6 cm³/mol. The first-order chi connectivity index (χ1) is 9.74. The first-order valence-corrected chi connectivity index (χ1v) is 7.63. The minimum atomic E-state index is 0.197. The highest BCUT2D eigenvalue weighted by Gasteiger charge is 2.24. The Balaban J connectivity index is 1.92. The molecule has 20 heavy (non-hydrogen) atoms. The second-order valence-corrected chi connectivity index (χ2v) is 5.02. The molecule has 4 N–H and O–H groups in total. The van der Waals surface area contributed by atoms with Gasteiger partial charge in [-0.15, -0.1) is 0 Å². The Morgan fingerprint density at radius 3 is 2.70 bits per heavy atom. The van der Waals surface area contributed by atoms with E-state index in [1.165, 1.54) is 6.42 Å². The average molecular weight is 284 g/mol. The maximum atomic E-state index is 11.6. The molecule has 1 amide bonds. The van der Waals surface area contributed by atoms with Gasteiger partial charge in [0.2, 0.25) is 5.91 Å². The lowest BCUT2D eigenvalue weighted by Gasteiger charge is -2.23. The number of aliphatic imine (C=N–C) groups is 1. The average Bonchev–Trinajstić information content (AvgIpc) is 2.36. The van der Waals surface area contributed by atoms with Gasteiger partial charge in [-0.1, -0.05) is 6.42 Å². The highest BCUT2D eigenvalue weighted by atomic mass is 16.5. The van der Waals surface area contributed by atoms with Crippen molar-refractivity contribution in [1.82, 2.24) is 10.6 Å². The van der Waals surface area contributed by atoms with E-state index in [1.54, 1.807) is 0 Å². The third kappa shape index (κ3) is 7.33. The summed E-state index contributed by atoms with van der Waals surface area (Å²) >= 11 is 0. The van der Waals surface area contributed by atoms with Crippen LogP contribution in [0.2, 0.25) is 0 Å². The van der Waals surface area contributed by atoms with Gasteiger partial charge in [0.15, 0.2) is 5.96 Å². The Hall–Kier alpha value is -1.30. The van der Waals surface area contributed by atoms with Crippen LogP contribution in [0.15, 0.2) is 4.99 Å². The van der Waals surface area contributed by atoms with E-state index in [-0.39, 0.29) is 11.8 Å². The van der Waals surface area contributed by atoms with Crippen LogP contribution in [0.4, 0.5) is 0 Å². The molecule has 0 heterocycles. The van der Waals surface area contributed by atoms with Gasteiger partial charge in [-0.2, -0.15) is 0 Å². The van der Waals surface area contributed by atoms with Gasteiger partial charge in [0.25, 0.3) is 0 Å². The molecule has 0 spiro atoms. The van der Waals surface area contributed by atoms with E-state index in [0.29, 0.717) is 19.0 Å². The minimum absolute atomic E-state index is 0.197. The quantitative estimate of drug-likeness (QED) is 0.312. The second-order valence-electron chi connectivity index (χ2n) is 5.02. The van der Waals surface area contributed by atoms with E-state index in [2.05, 4.69) is 15.6 Å². The number of carbonyl (C=O) groups is 1. The fourth-order valence-corrected chi connectivity index (χ4v) is 1.90. The van der Waals surface area contributed by atoms with E-state index in [0.717, 1.165) is 45.4 Å². The van der Waals surface area contributed by atoms with Gasteiger partial charge < -0.3 is 21.1 Å². The normalized spacial score (nSPS) is 15.8. The molecule has 0 aromatic heterocycles. The summed E-state index contributed by atoms with van der Waals surface area (Å²) in [5, 5.41) is 5.98. The van der Waals surface area contributed by atoms with Crippen LogP contribution in [0.25, 0.3) is 0 Å². The Morgan fingerprint density at radius 2 is 2.05 bits per heavy atom. The molecule has 1 rings (SSSR count). The predicted octanol–water partition coefficient (Wildman–Crippen LogP) is 0.624. The van der Waals surface area contributed by atoms with Crippen molar-refractivity contribution in [3.63, 3.8) is 0 Å². The third-order valence-electron chi connectivity index (χ3n) is 3.37. The van der Waals surface area contributed by atoms with Gasteiger partial charge in [-0.3, -0.25) is 9.79 Å². The minimum Gasteiger partial charge on any atom is -0.382 e. The third-order valence-corrected chi connectivity index (χ3v) is 3.37. The maximum Gasteiger partial charge on any atom is 0.223 e. The summed E-state index contributed by atoms with van der Waals surface area (Å²) in [5.41, 5.74) is 5.72. The number of nitrogens with one attached hydrogen (secondary N) is 2. The maximum absolute atomic E-state index is 11.6. The highest BCUT2D eigenvalue weighted by Crippen LogP contribution is 2.25. The summed E-state index contributed by atoms with van der Waals surface area (Å²) in [6.45, 7) is 5.55. The van der Waals surface area contributed by atoms with Crippen LogP contribution in [-0.2, 0) is 9.53 Å². The van der Waals surface area contributed by atoms with Crippen LogP contribution in [0.1, 0.15) is 39.0 Å². The summed E-state index contributed by atoms with van der Waals surface area (Å²) in [7, 11) is 0. The van der Waals surface area contributed by atoms with E-state index in [9.17, 15) is 4.79 Å². The molecular weight excluding hydrogens is 256 g/mol. The van der Waals surface area contributed by atoms with Crippen molar-refractivity contribution in [3.8, 4) is 0 Å². The monoisotopic (exact) mass is 284 g/mol. The molecule has 0 saturated heterocycles. The van der Waals surface area contributed by atoms with Crippen LogP contribution in [0.5, 0.6) is 0 Å².